The molecule has 19 heavy (non-hydrogen) atoms. The molecule has 2 heterocycles. The van der Waals surface area contributed by atoms with E-state index in [0.717, 1.165) is 24.2 Å². The van der Waals surface area contributed by atoms with Gasteiger partial charge in [0.1, 0.15) is 5.75 Å². The summed E-state index contributed by atoms with van der Waals surface area (Å²) in [7, 11) is 0. The van der Waals surface area contributed by atoms with Crippen LogP contribution in [0.4, 0.5) is 0 Å². The van der Waals surface area contributed by atoms with Crippen molar-refractivity contribution in [3.63, 3.8) is 0 Å². The summed E-state index contributed by atoms with van der Waals surface area (Å²) in [5.41, 5.74) is 3.84. The van der Waals surface area contributed by atoms with Gasteiger partial charge in [-0.05, 0) is 45.2 Å². The second-order valence-electron chi connectivity index (χ2n) is 5.33. The van der Waals surface area contributed by atoms with Crippen LogP contribution in [0.3, 0.4) is 0 Å². The lowest BCUT2D eigenvalue weighted by atomic mass is 10.0. The van der Waals surface area contributed by atoms with Crippen molar-refractivity contribution in [2.45, 2.75) is 58.0 Å². The van der Waals surface area contributed by atoms with Gasteiger partial charge in [-0.1, -0.05) is 0 Å². The van der Waals surface area contributed by atoms with Gasteiger partial charge in [0.15, 0.2) is 0 Å². The minimum Gasteiger partial charge on any atom is -0.489 e. The number of hydrazine groups is 1. The second-order valence-corrected chi connectivity index (χ2v) is 5.33. The van der Waals surface area contributed by atoms with Crippen molar-refractivity contribution in [1.29, 1.82) is 0 Å². The number of ether oxygens (including phenoxy) is 2. The SMILES string of the molecule is CC(C)Oc1cncc(C(NN)C2CCC(C)O2)c1. The van der Waals surface area contributed by atoms with Crippen LogP contribution in [0.1, 0.15) is 45.2 Å². The Morgan fingerprint density at radius 1 is 1.42 bits per heavy atom. The van der Waals surface area contributed by atoms with E-state index >= 15 is 0 Å². The Morgan fingerprint density at radius 3 is 2.79 bits per heavy atom. The molecule has 2 rings (SSSR count). The summed E-state index contributed by atoms with van der Waals surface area (Å²) < 4.78 is 11.5. The van der Waals surface area contributed by atoms with Crippen LogP contribution in [-0.4, -0.2) is 23.3 Å². The highest BCUT2D eigenvalue weighted by Crippen LogP contribution is 2.30. The van der Waals surface area contributed by atoms with E-state index in [1.807, 2.05) is 26.1 Å². The molecular formula is C14H23N3O2. The molecule has 1 aromatic rings. The smallest absolute Gasteiger partial charge is 0.138 e. The van der Waals surface area contributed by atoms with Gasteiger partial charge < -0.3 is 9.47 Å². The molecule has 0 bridgehead atoms. The summed E-state index contributed by atoms with van der Waals surface area (Å²) in [6.45, 7) is 6.07. The molecule has 0 radical (unpaired) electrons. The molecule has 1 aromatic heterocycles. The van der Waals surface area contributed by atoms with E-state index in [9.17, 15) is 0 Å². The topological polar surface area (TPSA) is 69.4 Å². The van der Waals surface area contributed by atoms with Crippen molar-refractivity contribution in [2.24, 2.45) is 5.84 Å². The molecule has 0 amide bonds. The highest BCUT2D eigenvalue weighted by atomic mass is 16.5. The van der Waals surface area contributed by atoms with E-state index in [1.165, 1.54) is 0 Å². The van der Waals surface area contributed by atoms with E-state index in [0.29, 0.717) is 6.10 Å². The lowest BCUT2D eigenvalue weighted by Crippen LogP contribution is -2.36. The third-order valence-electron chi connectivity index (χ3n) is 3.28. The zero-order valence-electron chi connectivity index (χ0n) is 11.8. The molecule has 3 atom stereocenters. The first-order valence-electron chi connectivity index (χ1n) is 6.83. The molecule has 5 heteroatoms. The zero-order valence-corrected chi connectivity index (χ0v) is 11.8. The van der Waals surface area contributed by atoms with Crippen LogP contribution < -0.4 is 16.0 Å². The van der Waals surface area contributed by atoms with Crippen LogP contribution in [0.5, 0.6) is 5.75 Å². The first kappa shape index (κ1) is 14.2. The number of pyridine rings is 1. The normalized spacial score (nSPS) is 24.7. The van der Waals surface area contributed by atoms with Gasteiger partial charge in [0.2, 0.25) is 0 Å². The van der Waals surface area contributed by atoms with E-state index in [2.05, 4.69) is 17.3 Å². The maximum atomic E-state index is 5.88. The quantitative estimate of drug-likeness (QED) is 0.629. The predicted octanol–water partition coefficient (Wildman–Crippen LogP) is 1.94. The van der Waals surface area contributed by atoms with Crippen molar-refractivity contribution in [3.05, 3.63) is 24.0 Å². The number of hydrogen-bond donors (Lipinski definition) is 2. The lowest BCUT2D eigenvalue weighted by Gasteiger charge is -2.23. The Morgan fingerprint density at radius 2 is 2.21 bits per heavy atom. The molecule has 1 fully saturated rings. The van der Waals surface area contributed by atoms with Crippen LogP contribution in [0.25, 0.3) is 0 Å². The third-order valence-corrected chi connectivity index (χ3v) is 3.28. The number of aromatic nitrogens is 1. The second kappa shape index (κ2) is 6.32. The van der Waals surface area contributed by atoms with Crippen LogP contribution in [0.2, 0.25) is 0 Å². The minimum absolute atomic E-state index is 0.0480. The molecular weight excluding hydrogens is 242 g/mol. The fourth-order valence-electron chi connectivity index (χ4n) is 2.44. The van der Waals surface area contributed by atoms with Gasteiger partial charge in [0.05, 0.1) is 30.6 Å². The Labute approximate surface area is 114 Å². The Balaban J connectivity index is 2.13. The summed E-state index contributed by atoms with van der Waals surface area (Å²) >= 11 is 0. The molecule has 106 valence electrons. The van der Waals surface area contributed by atoms with Crippen molar-refractivity contribution < 1.29 is 9.47 Å². The molecule has 1 aliphatic heterocycles. The largest absolute Gasteiger partial charge is 0.489 e. The molecule has 5 nitrogen and oxygen atoms in total. The Hall–Kier alpha value is -1.17. The Kier molecular flexibility index (Phi) is 4.74. The van der Waals surface area contributed by atoms with Gasteiger partial charge in [0, 0.05) is 6.20 Å². The zero-order chi connectivity index (χ0) is 13.8. The van der Waals surface area contributed by atoms with Gasteiger partial charge >= 0.3 is 0 Å². The highest BCUT2D eigenvalue weighted by molar-refractivity contribution is 5.27. The molecule has 3 unspecified atom stereocenters. The lowest BCUT2D eigenvalue weighted by molar-refractivity contribution is 0.0315. The molecule has 0 aliphatic carbocycles. The standard InChI is InChI=1S/C14H23N3O2/c1-9(2)18-12-6-11(7-16-8-12)14(17-15)13-5-4-10(3)19-13/h6-10,13-14,17H,4-5,15H2,1-3H3. The summed E-state index contributed by atoms with van der Waals surface area (Å²) in [5.74, 6) is 6.45. The highest BCUT2D eigenvalue weighted by Gasteiger charge is 2.30. The molecule has 0 aromatic carbocycles. The summed E-state index contributed by atoms with van der Waals surface area (Å²) in [6, 6.07) is 1.93. The van der Waals surface area contributed by atoms with Crippen LogP contribution >= 0.6 is 0 Å². The van der Waals surface area contributed by atoms with Crippen molar-refractivity contribution in [2.75, 3.05) is 0 Å². The van der Waals surface area contributed by atoms with E-state index in [-0.39, 0.29) is 18.2 Å². The van der Waals surface area contributed by atoms with Crippen molar-refractivity contribution in [3.8, 4) is 5.75 Å². The van der Waals surface area contributed by atoms with Crippen molar-refractivity contribution in [1.82, 2.24) is 10.4 Å². The van der Waals surface area contributed by atoms with Gasteiger partial charge in [-0.15, -0.1) is 0 Å². The van der Waals surface area contributed by atoms with E-state index in [1.54, 1.807) is 6.20 Å². The number of hydrogen-bond acceptors (Lipinski definition) is 5. The molecule has 3 N–H and O–H groups in total. The predicted molar refractivity (Wildman–Crippen MR) is 73.6 cm³/mol. The van der Waals surface area contributed by atoms with Gasteiger partial charge in [0.25, 0.3) is 0 Å². The number of rotatable bonds is 5. The Bertz CT molecular complexity index is 411. The monoisotopic (exact) mass is 265 g/mol. The maximum Gasteiger partial charge on any atom is 0.138 e. The maximum absolute atomic E-state index is 5.88. The van der Waals surface area contributed by atoms with Crippen LogP contribution in [0, 0.1) is 0 Å². The van der Waals surface area contributed by atoms with Gasteiger partial charge in [-0.2, -0.15) is 0 Å². The fourth-order valence-corrected chi connectivity index (χ4v) is 2.44. The van der Waals surface area contributed by atoms with Crippen molar-refractivity contribution >= 4 is 0 Å². The fraction of sp³-hybridized carbons (Fsp3) is 0.643. The first-order chi connectivity index (χ1) is 9.10. The van der Waals surface area contributed by atoms with Crippen LogP contribution in [-0.2, 0) is 4.74 Å². The number of nitrogens with zero attached hydrogens (tertiary/aromatic N) is 1. The molecule has 0 spiro atoms. The number of nitrogens with two attached hydrogens (primary N) is 1. The average Bonchev–Trinajstić information content (AvgIpc) is 2.76. The van der Waals surface area contributed by atoms with Gasteiger partial charge in [-0.25, -0.2) is 0 Å². The number of nitrogens with one attached hydrogen (secondary N) is 1. The van der Waals surface area contributed by atoms with Gasteiger partial charge in [-0.3, -0.25) is 16.3 Å². The summed E-state index contributed by atoms with van der Waals surface area (Å²) in [6.07, 6.45) is 6.12. The molecule has 0 saturated carbocycles. The first-order valence-corrected chi connectivity index (χ1v) is 6.83. The van der Waals surface area contributed by atoms with Crippen LogP contribution in [0.15, 0.2) is 18.5 Å². The van der Waals surface area contributed by atoms with E-state index in [4.69, 9.17) is 15.3 Å². The molecule has 1 aliphatic rings. The minimum atomic E-state index is -0.0480. The third kappa shape index (κ3) is 3.65. The summed E-state index contributed by atoms with van der Waals surface area (Å²) in [5, 5.41) is 0. The molecule has 1 saturated heterocycles. The van der Waals surface area contributed by atoms with E-state index < -0.39 is 0 Å². The summed E-state index contributed by atoms with van der Waals surface area (Å²) in [4.78, 5) is 4.22. The average molecular weight is 265 g/mol.